The third-order valence-electron chi connectivity index (χ3n) is 3.69. The molecule has 0 bridgehead atoms. The number of benzene rings is 1. The van der Waals surface area contributed by atoms with Crippen molar-refractivity contribution in [1.82, 2.24) is 9.88 Å². The molecule has 0 unspecified atom stereocenters. The molecule has 2 N–H and O–H groups in total. The van der Waals surface area contributed by atoms with Crippen molar-refractivity contribution in [2.75, 3.05) is 18.0 Å². The minimum absolute atomic E-state index is 0.166. The van der Waals surface area contributed by atoms with Crippen molar-refractivity contribution in [2.24, 2.45) is 5.73 Å². The summed E-state index contributed by atoms with van der Waals surface area (Å²) in [5.74, 6) is -2.45. The van der Waals surface area contributed by atoms with Crippen molar-refractivity contribution in [3.8, 4) is 0 Å². The number of aromatic nitrogens is 1. The Kier molecular flexibility index (Phi) is 4.18. The Morgan fingerprint density at radius 2 is 2.08 bits per heavy atom. The molecule has 1 aliphatic heterocycles. The molecule has 0 saturated carbocycles. The summed E-state index contributed by atoms with van der Waals surface area (Å²) in [6.07, 6.45) is 0. The summed E-state index contributed by atoms with van der Waals surface area (Å²) in [5.41, 5.74) is 6.25. The van der Waals surface area contributed by atoms with Crippen molar-refractivity contribution in [3.63, 3.8) is 0 Å². The molecule has 2 heterocycles. The number of thiazole rings is 1. The van der Waals surface area contributed by atoms with Gasteiger partial charge in [-0.05, 0) is 24.6 Å². The Balaban J connectivity index is 1.76. The SMILES string of the molecule is Cc1nc(N2CCN(Cc3ccc(F)c(F)c3)C2=O)sc1C(N)=O. The van der Waals surface area contributed by atoms with Gasteiger partial charge in [0.15, 0.2) is 16.8 Å². The van der Waals surface area contributed by atoms with E-state index in [0.29, 0.717) is 34.4 Å². The lowest BCUT2D eigenvalue weighted by Crippen LogP contribution is -2.31. The molecule has 1 fully saturated rings. The summed E-state index contributed by atoms with van der Waals surface area (Å²) < 4.78 is 26.2. The second-order valence-corrected chi connectivity index (χ2v) is 6.36. The van der Waals surface area contributed by atoms with E-state index in [-0.39, 0.29) is 12.6 Å². The molecule has 1 aromatic heterocycles. The van der Waals surface area contributed by atoms with Crippen LogP contribution in [0.5, 0.6) is 0 Å². The van der Waals surface area contributed by atoms with E-state index in [0.717, 1.165) is 23.5 Å². The van der Waals surface area contributed by atoms with Crippen LogP contribution in [0.15, 0.2) is 18.2 Å². The van der Waals surface area contributed by atoms with Crippen molar-refractivity contribution in [1.29, 1.82) is 0 Å². The molecule has 1 saturated heterocycles. The Bertz CT molecular complexity index is 824. The lowest BCUT2D eigenvalue weighted by atomic mass is 10.2. The fourth-order valence-electron chi connectivity index (χ4n) is 2.49. The predicted molar refractivity (Wildman–Crippen MR) is 84.9 cm³/mol. The summed E-state index contributed by atoms with van der Waals surface area (Å²) in [6, 6.07) is 3.24. The highest BCUT2D eigenvalue weighted by Gasteiger charge is 2.32. The molecule has 1 aromatic carbocycles. The number of hydrogen-bond acceptors (Lipinski definition) is 4. The fourth-order valence-corrected chi connectivity index (χ4v) is 3.43. The van der Waals surface area contributed by atoms with Crippen LogP contribution in [0, 0.1) is 18.6 Å². The van der Waals surface area contributed by atoms with Crippen LogP contribution in [0.3, 0.4) is 0 Å². The summed E-state index contributed by atoms with van der Waals surface area (Å²) in [4.78, 5) is 31.3. The first-order valence-electron chi connectivity index (χ1n) is 7.14. The Labute approximate surface area is 140 Å². The second kappa shape index (κ2) is 6.16. The van der Waals surface area contributed by atoms with Gasteiger partial charge < -0.3 is 10.6 Å². The minimum atomic E-state index is -0.947. The number of anilines is 1. The number of primary amides is 1. The van der Waals surface area contributed by atoms with Crippen LogP contribution in [-0.4, -0.2) is 34.9 Å². The van der Waals surface area contributed by atoms with Crippen LogP contribution in [0.2, 0.25) is 0 Å². The maximum absolute atomic E-state index is 13.3. The zero-order valence-electron chi connectivity index (χ0n) is 12.8. The molecule has 1 aliphatic rings. The lowest BCUT2D eigenvalue weighted by molar-refractivity contribution is 0.100. The third kappa shape index (κ3) is 2.94. The number of rotatable bonds is 4. The van der Waals surface area contributed by atoms with E-state index in [2.05, 4.69) is 4.98 Å². The molecule has 2 aromatic rings. The summed E-state index contributed by atoms with van der Waals surface area (Å²) in [6.45, 7) is 2.63. The molecule has 0 aliphatic carbocycles. The van der Waals surface area contributed by atoms with Crippen molar-refractivity contribution in [3.05, 3.63) is 46.0 Å². The van der Waals surface area contributed by atoms with Gasteiger partial charge in [-0.1, -0.05) is 17.4 Å². The quantitative estimate of drug-likeness (QED) is 0.917. The molecule has 24 heavy (non-hydrogen) atoms. The van der Waals surface area contributed by atoms with Gasteiger partial charge in [0.05, 0.1) is 5.69 Å². The molecular formula is C15H14F2N4O2S. The van der Waals surface area contributed by atoms with E-state index in [1.54, 1.807) is 6.92 Å². The first-order chi connectivity index (χ1) is 11.4. The Morgan fingerprint density at radius 1 is 1.33 bits per heavy atom. The highest BCUT2D eigenvalue weighted by molar-refractivity contribution is 7.17. The van der Waals surface area contributed by atoms with Gasteiger partial charge in [-0.2, -0.15) is 0 Å². The van der Waals surface area contributed by atoms with Gasteiger partial charge in [-0.25, -0.2) is 18.6 Å². The first-order valence-corrected chi connectivity index (χ1v) is 7.96. The van der Waals surface area contributed by atoms with E-state index >= 15 is 0 Å². The van der Waals surface area contributed by atoms with Crippen LogP contribution in [0.1, 0.15) is 20.9 Å². The maximum Gasteiger partial charge on any atom is 0.326 e. The van der Waals surface area contributed by atoms with Gasteiger partial charge in [0.1, 0.15) is 4.88 Å². The number of urea groups is 1. The number of halogens is 2. The highest BCUT2D eigenvalue weighted by Crippen LogP contribution is 2.29. The van der Waals surface area contributed by atoms with E-state index < -0.39 is 17.5 Å². The molecule has 3 amide bonds. The van der Waals surface area contributed by atoms with Gasteiger partial charge in [0.2, 0.25) is 0 Å². The zero-order valence-corrected chi connectivity index (χ0v) is 13.6. The molecular weight excluding hydrogens is 338 g/mol. The largest absolute Gasteiger partial charge is 0.365 e. The van der Waals surface area contributed by atoms with Gasteiger partial charge in [-0.15, -0.1) is 0 Å². The van der Waals surface area contributed by atoms with Crippen LogP contribution < -0.4 is 10.6 Å². The predicted octanol–water partition coefficient (Wildman–Crippen LogP) is 2.27. The maximum atomic E-state index is 13.3. The highest BCUT2D eigenvalue weighted by atomic mass is 32.1. The topological polar surface area (TPSA) is 79.5 Å². The zero-order chi connectivity index (χ0) is 17.4. The molecule has 6 nitrogen and oxygen atoms in total. The summed E-state index contributed by atoms with van der Waals surface area (Å²) in [5, 5.41) is 0.402. The number of hydrogen-bond donors (Lipinski definition) is 1. The monoisotopic (exact) mass is 352 g/mol. The average molecular weight is 352 g/mol. The molecule has 126 valence electrons. The summed E-state index contributed by atoms with van der Waals surface area (Å²) in [7, 11) is 0. The molecule has 0 radical (unpaired) electrons. The van der Waals surface area contributed by atoms with Gasteiger partial charge in [-0.3, -0.25) is 9.69 Å². The second-order valence-electron chi connectivity index (χ2n) is 5.38. The first kappa shape index (κ1) is 16.3. The summed E-state index contributed by atoms with van der Waals surface area (Å²) >= 11 is 1.06. The Morgan fingerprint density at radius 3 is 2.71 bits per heavy atom. The average Bonchev–Trinajstić information content (AvgIpc) is 3.07. The van der Waals surface area contributed by atoms with E-state index in [1.165, 1.54) is 15.9 Å². The third-order valence-corrected chi connectivity index (χ3v) is 4.89. The number of nitrogens with two attached hydrogens (primary N) is 1. The Hall–Kier alpha value is -2.55. The van der Waals surface area contributed by atoms with Gasteiger partial charge >= 0.3 is 6.03 Å². The van der Waals surface area contributed by atoms with Gasteiger partial charge in [0, 0.05) is 19.6 Å². The lowest BCUT2D eigenvalue weighted by Gasteiger charge is -2.17. The van der Waals surface area contributed by atoms with Crippen LogP contribution in [-0.2, 0) is 6.54 Å². The normalized spacial score (nSPS) is 14.5. The van der Waals surface area contributed by atoms with Gasteiger partial charge in [0.25, 0.3) is 5.91 Å². The smallest absolute Gasteiger partial charge is 0.326 e. The van der Waals surface area contributed by atoms with E-state index in [9.17, 15) is 18.4 Å². The van der Waals surface area contributed by atoms with E-state index in [4.69, 9.17) is 5.73 Å². The number of aryl methyl sites for hydroxylation is 1. The molecule has 0 atom stereocenters. The van der Waals surface area contributed by atoms with Crippen molar-refractivity contribution < 1.29 is 18.4 Å². The number of nitrogens with zero attached hydrogens (tertiary/aromatic N) is 3. The molecule has 9 heteroatoms. The number of amides is 3. The van der Waals surface area contributed by atoms with Crippen LogP contribution in [0.25, 0.3) is 0 Å². The molecule has 3 rings (SSSR count). The number of carbonyl (C=O) groups is 2. The van der Waals surface area contributed by atoms with Crippen molar-refractivity contribution in [2.45, 2.75) is 13.5 Å². The number of carbonyl (C=O) groups excluding carboxylic acids is 2. The van der Waals surface area contributed by atoms with Crippen LogP contribution >= 0.6 is 11.3 Å². The van der Waals surface area contributed by atoms with Crippen molar-refractivity contribution >= 4 is 28.4 Å². The van der Waals surface area contributed by atoms with E-state index in [1.807, 2.05) is 0 Å². The molecule has 0 spiro atoms. The standard InChI is InChI=1S/C15H14F2N4O2S/c1-8-12(13(18)22)24-14(19-8)21-5-4-20(15(21)23)7-9-2-3-10(16)11(17)6-9/h2-3,6H,4-5,7H2,1H3,(H2,18,22). The fraction of sp³-hybridized carbons (Fsp3) is 0.267. The van der Waals surface area contributed by atoms with Crippen LogP contribution in [0.4, 0.5) is 18.7 Å². The minimum Gasteiger partial charge on any atom is -0.365 e.